The van der Waals surface area contributed by atoms with E-state index in [1.54, 1.807) is 4.90 Å². The lowest BCUT2D eigenvalue weighted by Crippen LogP contribution is -2.62. The van der Waals surface area contributed by atoms with Gasteiger partial charge >= 0.3 is 12.1 Å². The third-order valence-electron chi connectivity index (χ3n) is 4.98. The van der Waals surface area contributed by atoms with Crippen LogP contribution in [0.3, 0.4) is 0 Å². The highest BCUT2D eigenvalue weighted by Crippen LogP contribution is 2.43. The Morgan fingerprint density at radius 1 is 1.19 bits per heavy atom. The van der Waals surface area contributed by atoms with Gasteiger partial charge in [0.25, 0.3) is 0 Å². The van der Waals surface area contributed by atoms with Gasteiger partial charge < -0.3 is 9.47 Å². The molecule has 1 unspecified atom stereocenters. The van der Waals surface area contributed by atoms with Crippen molar-refractivity contribution in [2.24, 2.45) is 5.92 Å². The predicted molar refractivity (Wildman–Crippen MR) is 98.4 cm³/mol. The number of esters is 1. The molecule has 5 nitrogen and oxygen atoms in total. The number of rotatable bonds is 3. The lowest BCUT2D eigenvalue weighted by atomic mass is 9.72. The van der Waals surface area contributed by atoms with Gasteiger partial charge in [-0.05, 0) is 45.6 Å². The van der Waals surface area contributed by atoms with Gasteiger partial charge in [0.15, 0.2) is 0 Å². The van der Waals surface area contributed by atoms with Gasteiger partial charge in [-0.15, -0.1) is 0 Å². The van der Waals surface area contributed by atoms with E-state index in [0.29, 0.717) is 0 Å². The maximum atomic E-state index is 12.9. The van der Waals surface area contributed by atoms with Crippen molar-refractivity contribution in [3.63, 3.8) is 0 Å². The number of carbonyl (C=O) groups excluding carboxylic acids is 2. The van der Waals surface area contributed by atoms with Crippen LogP contribution >= 0.6 is 0 Å². The molecule has 3 atom stereocenters. The molecule has 0 N–H and O–H groups in total. The summed E-state index contributed by atoms with van der Waals surface area (Å²) in [5, 5.41) is 0. The molecule has 5 heteroatoms. The molecular formula is C21H27NO4. The third kappa shape index (κ3) is 3.92. The number of benzene rings is 1. The van der Waals surface area contributed by atoms with Gasteiger partial charge in [-0.1, -0.05) is 42.5 Å². The van der Waals surface area contributed by atoms with Crippen molar-refractivity contribution in [1.29, 1.82) is 0 Å². The quantitative estimate of drug-likeness (QED) is 0.604. The third-order valence-corrected chi connectivity index (χ3v) is 4.98. The second-order valence-corrected chi connectivity index (χ2v) is 8.13. The van der Waals surface area contributed by atoms with E-state index < -0.39 is 17.7 Å². The SMILES string of the molecule is C=C1CC2CC[C@H]1[C@@H](C(=O)OCc1ccccc1)N2C(=O)OC(C)(C)C. The average Bonchev–Trinajstić information content (AvgIpc) is 2.58. The predicted octanol–water partition coefficient (Wildman–Crippen LogP) is 4.07. The van der Waals surface area contributed by atoms with Gasteiger partial charge in [0.05, 0.1) is 0 Å². The van der Waals surface area contributed by atoms with Crippen LogP contribution in [0.4, 0.5) is 4.79 Å². The lowest BCUT2D eigenvalue weighted by Gasteiger charge is -2.50. The molecular weight excluding hydrogens is 330 g/mol. The Morgan fingerprint density at radius 3 is 2.50 bits per heavy atom. The van der Waals surface area contributed by atoms with Crippen LogP contribution in [0.25, 0.3) is 0 Å². The Labute approximate surface area is 155 Å². The van der Waals surface area contributed by atoms with Crippen LogP contribution < -0.4 is 0 Å². The molecule has 4 rings (SSSR count). The highest BCUT2D eigenvalue weighted by atomic mass is 16.6. The second-order valence-electron chi connectivity index (χ2n) is 8.13. The summed E-state index contributed by atoms with van der Waals surface area (Å²) in [4.78, 5) is 27.2. The maximum absolute atomic E-state index is 12.9. The van der Waals surface area contributed by atoms with Crippen molar-refractivity contribution in [3.05, 3.63) is 48.0 Å². The molecule has 1 aromatic rings. The number of amides is 1. The van der Waals surface area contributed by atoms with Crippen molar-refractivity contribution in [2.45, 2.75) is 64.3 Å². The van der Waals surface area contributed by atoms with Crippen LogP contribution in [-0.2, 0) is 20.9 Å². The molecule has 1 saturated carbocycles. The molecule has 1 amide bonds. The van der Waals surface area contributed by atoms with Crippen LogP contribution in [0, 0.1) is 5.92 Å². The van der Waals surface area contributed by atoms with E-state index >= 15 is 0 Å². The largest absolute Gasteiger partial charge is 0.459 e. The molecule has 0 spiro atoms. The van der Waals surface area contributed by atoms with E-state index in [1.165, 1.54) is 0 Å². The van der Waals surface area contributed by atoms with Gasteiger partial charge in [0, 0.05) is 12.0 Å². The summed E-state index contributed by atoms with van der Waals surface area (Å²) in [6.45, 7) is 9.81. The molecule has 2 bridgehead atoms. The monoisotopic (exact) mass is 357 g/mol. The molecule has 1 aliphatic carbocycles. The molecule has 0 aromatic heterocycles. The van der Waals surface area contributed by atoms with Crippen LogP contribution in [0.2, 0.25) is 0 Å². The first-order valence-corrected chi connectivity index (χ1v) is 9.16. The van der Waals surface area contributed by atoms with E-state index in [4.69, 9.17) is 9.47 Å². The number of hydrogen-bond acceptors (Lipinski definition) is 4. The van der Waals surface area contributed by atoms with Crippen molar-refractivity contribution in [1.82, 2.24) is 4.90 Å². The van der Waals surface area contributed by atoms with Gasteiger partial charge in [-0.3, -0.25) is 4.90 Å². The summed E-state index contributed by atoms with van der Waals surface area (Å²) in [7, 11) is 0. The van der Waals surface area contributed by atoms with E-state index in [9.17, 15) is 9.59 Å². The summed E-state index contributed by atoms with van der Waals surface area (Å²) in [6.07, 6.45) is 2.01. The van der Waals surface area contributed by atoms with E-state index in [0.717, 1.165) is 30.4 Å². The van der Waals surface area contributed by atoms with Crippen molar-refractivity contribution >= 4 is 12.1 Å². The van der Waals surface area contributed by atoms with Crippen molar-refractivity contribution < 1.29 is 19.1 Å². The molecule has 2 saturated heterocycles. The first-order chi connectivity index (χ1) is 12.3. The average molecular weight is 357 g/mol. The van der Waals surface area contributed by atoms with Gasteiger partial charge in [0.1, 0.15) is 18.2 Å². The first kappa shape index (κ1) is 18.5. The van der Waals surface area contributed by atoms with E-state index in [2.05, 4.69) is 6.58 Å². The zero-order valence-corrected chi connectivity index (χ0v) is 15.7. The smallest absolute Gasteiger partial charge is 0.411 e. The fourth-order valence-electron chi connectivity index (χ4n) is 3.84. The van der Waals surface area contributed by atoms with Gasteiger partial charge in [-0.25, -0.2) is 9.59 Å². The molecule has 1 aromatic carbocycles. The fourth-order valence-corrected chi connectivity index (χ4v) is 3.84. The zero-order chi connectivity index (χ0) is 18.9. The molecule has 3 fully saturated rings. The second kappa shape index (κ2) is 7.14. The Morgan fingerprint density at radius 2 is 1.88 bits per heavy atom. The van der Waals surface area contributed by atoms with Crippen molar-refractivity contribution in [2.75, 3.05) is 0 Å². The summed E-state index contributed by atoms with van der Waals surface area (Å²) >= 11 is 0. The minimum atomic E-state index is -0.645. The van der Waals surface area contributed by atoms with E-state index in [-0.39, 0.29) is 24.5 Å². The molecule has 2 heterocycles. The Balaban J connectivity index is 1.77. The number of piperidine rings is 2. The minimum absolute atomic E-state index is 0.0448. The Kier molecular flexibility index (Phi) is 5.08. The minimum Gasteiger partial charge on any atom is -0.459 e. The number of nitrogens with zero attached hydrogens (tertiary/aromatic N) is 1. The summed E-state index contributed by atoms with van der Waals surface area (Å²) in [5.41, 5.74) is 1.34. The van der Waals surface area contributed by atoms with Gasteiger partial charge in [0.2, 0.25) is 0 Å². The summed E-state index contributed by atoms with van der Waals surface area (Å²) in [6, 6.07) is 8.85. The Hall–Kier alpha value is -2.30. The Bertz CT molecular complexity index is 692. The molecule has 26 heavy (non-hydrogen) atoms. The molecule has 2 aliphatic heterocycles. The standard InChI is InChI=1S/C21H27NO4/c1-14-12-16-10-11-17(14)18(22(16)20(24)26-21(2,3)4)19(23)25-13-15-8-6-5-7-9-15/h5-9,16-18H,1,10-13H2,2-4H3/t16?,17-,18+/m1/s1. The number of carbonyl (C=O) groups is 2. The van der Waals surface area contributed by atoms with Crippen LogP contribution in [0.15, 0.2) is 42.5 Å². The van der Waals surface area contributed by atoms with E-state index in [1.807, 2.05) is 51.1 Å². The molecule has 140 valence electrons. The number of fused-ring (bicyclic) bond motifs is 3. The van der Waals surface area contributed by atoms with Crippen LogP contribution in [-0.4, -0.2) is 34.6 Å². The fraction of sp³-hybridized carbons (Fsp3) is 0.524. The van der Waals surface area contributed by atoms with Crippen LogP contribution in [0.1, 0.15) is 45.6 Å². The topological polar surface area (TPSA) is 55.8 Å². The normalized spacial score (nSPS) is 25.1. The maximum Gasteiger partial charge on any atom is 0.411 e. The summed E-state index contributed by atoms with van der Waals surface area (Å²) in [5.74, 6) is -0.439. The van der Waals surface area contributed by atoms with Crippen molar-refractivity contribution in [3.8, 4) is 0 Å². The zero-order valence-electron chi connectivity index (χ0n) is 15.7. The lowest BCUT2D eigenvalue weighted by molar-refractivity contribution is -0.157. The first-order valence-electron chi connectivity index (χ1n) is 9.16. The van der Waals surface area contributed by atoms with Crippen LogP contribution in [0.5, 0.6) is 0 Å². The highest BCUT2D eigenvalue weighted by Gasteiger charge is 2.51. The highest BCUT2D eigenvalue weighted by molar-refractivity contribution is 5.83. The number of hydrogen-bond donors (Lipinski definition) is 0. The summed E-state index contributed by atoms with van der Waals surface area (Å²) < 4.78 is 11.1. The molecule has 3 aliphatic rings. The number of ether oxygens (including phenoxy) is 2. The van der Waals surface area contributed by atoms with Gasteiger partial charge in [-0.2, -0.15) is 0 Å². The molecule has 0 radical (unpaired) electrons.